The summed E-state index contributed by atoms with van der Waals surface area (Å²) in [5.74, 6) is -0.498. The second-order valence-corrected chi connectivity index (χ2v) is 6.65. The molecule has 0 aromatic heterocycles. The van der Waals surface area contributed by atoms with Crippen molar-refractivity contribution in [2.45, 2.75) is 25.7 Å². The molecule has 0 aliphatic carbocycles. The van der Waals surface area contributed by atoms with Crippen molar-refractivity contribution in [1.29, 1.82) is 0 Å². The van der Waals surface area contributed by atoms with Crippen molar-refractivity contribution < 1.29 is 28.1 Å². The van der Waals surface area contributed by atoms with Gasteiger partial charge in [-0.25, -0.2) is 8.78 Å². The summed E-state index contributed by atoms with van der Waals surface area (Å²) >= 11 is 0. The van der Waals surface area contributed by atoms with Crippen molar-refractivity contribution in [2.24, 2.45) is 0 Å². The van der Waals surface area contributed by atoms with Gasteiger partial charge in [0.1, 0.15) is 0 Å². The van der Waals surface area contributed by atoms with Gasteiger partial charge in [0, 0.05) is 12.6 Å². The molecule has 28 heavy (non-hydrogen) atoms. The first-order chi connectivity index (χ1) is 13.3. The maximum Gasteiger partial charge on any atom is 0.161 e. The number of ether oxygens (including phenoxy) is 3. The minimum atomic E-state index is -0.878. The van der Waals surface area contributed by atoms with Crippen molar-refractivity contribution >= 4 is 0 Å². The van der Waals surface area contributed by atoms with E-state index in [9.17, 15) is 13.9 Å². The molecule has 0 aliphatic rings. The van der Waals surface area contributed by atoms with Gasteiger partial charge in [-0.3, -0.25) is 4.90 Å². The first-order valence-electron chi connectivity index (χ1n) is 8.97. The Morgan fingerprint density at radius 2 is 1.71 bits per heavy atom. The fraction of sp³-hybridized carbons (Fsp3) is 0.429. The molecule has 5 nitrogen and oxygen atoms in total. The van der Waals surface area contributed by atoms with Crippen LogP contribution in [-0.4, -0.2) is 50.5 Å². The molecule has 7 heteroatoms. The number of benzene rings is 2. The van der Waals surface area contributed by atoms with Crippen LogP contribution in [-0.2, 0) is 11.3 Å². The molecular formula is C21H27F2NO4. The molecule has 1 N–H and O–H groups in total. The number of hydrogen-bond acceptors (Lipinski definition) is 5. The van der Waals surface area contributed by atoms with Crippen LogP contribution in [0, 0.1) is 11.6 Å². The molecule has 0 fully saturated rings. The number of halogens is 2. The summed E-state index contributed by atoms with van der Waals surface area (Å²) in [6, 6.07) is 9.13. The van der Waals surface area contributed by atoms with Gasteiger partial charge in [0.2, 0.25) is 0 Å². The van der Waals surface area contributed by atoms with Crippen LogP contribution in [0.4, 0.5) is 8.78 Å². The van der Waals surface area contributed by atoms with E-state index in [2.05, 4.69) is 0 Å². The van der Waals surface area contributed by atoms with Crippen LogP contribution in [0.3, 0.4) is 0 Å². The lowest BCUT2D eigenvalue weighted by molar-refractivity contribution is 0.00847. The molecular weight excluding hydrogens is 368 g/mol. The lowest BCUT2D eigenvalue weighted by atomic mass is 10.1. The van der Waals surface area contributed by atoms with Gasteiger partial charge in [0.15, 0.2) is 23.1 Å². The number of methoxy groups -OCH3 is 2. The van der Waals surface area contributed by atoms with Crippen LogP contribution < -0.4 is 9.47 Å². The van der Waals surface area contributed by atoms with Crippen molar-refractivity contribution in [3.63, 3.8) is 0 Å². The summed E-state index contributed by atoms with van der Waals surface area (Å²) in [5.41, 5.74) is 1.54. The molecule has 2 atom stereocenters. The third-order valence-corrected chi connectivity index (χ3v) is 4.61. The van der Waals surface area contributed by atoms with Crippen LogP contribution in [0.5, 0.6) is 11.5 Å². The largest absolute Gasteiger partial charge is 0.493 e. The Kier molecular flexibility index (Phi) is 8.17. The van der Waals surface area contributed by atoms with E-state index in [1.54, 1.807) is 26.4 Å². The van der Waals surface area contributed by atoms with Gasteiger partial charge in [0.05, 0.1) is 33.5 Å². The molecule has 0 spiro atoms. The molecule has 0 amide bonds. The standard InChI is InChI=1S/C21H27F2NO4/c1-14(16-6-7-18(22)19(23)10-16)24(2)11-17(25)13-28-12-15-5-8-20(26-3)21(9-15)27-4/h5-10,14,17,25H,11-13H2,1-4H3. The lowest BCUT2D eigenvalue weighted by Gasteiger charge is -2.27. The number of aliphatic hydroxyl groups is 1. The van der Waals surface area contributed by atoms with Gasteiger partial charge < -0.3 is 19.3 Å². The second-order valence-electron chi connectivity index (χ2n) is 6.65. The molecule has 2 unspecified atom stereocenters. The lowest BCUT2D eigenvalue weighted by Crippen LogP contribution is -2.34. The maximum atomic E-state index is 13.4. The highest BCUT2D eigenvalue weighted by Crippen LogP contribution is 2.27. The van der Waals surface area contributed by atoms with Crippen LogP contribution in [0.15, 0.2) is 36.4 Å². The van der Waals surface area contributed by atoms with E-state index in [1.165, 1.54) is 6.07 Å². The summed E-state index contributed by atoms with van der Waals surface area (Å²) in [5, 5.41) is 10.2. The normalized spacial score (nSPS) is 13.4. The van der Waals surface area contributed by atoms with E-state index in [0.29, 0.717) is 30.2 Å². The topological polar surface area (TPSA) is 51.2 Å². The number of aliphatic hydroxyl groups excluding tert-OH is 1. The quantitative estimate of drug-likeness (QED) is 0.667. The Balaban J connectivity index is 1.83. The summed E-state index contributed by atoms with van der Waals surface area (Å²) in [7, 11) is 4.95. The van der Waals surface area contributed by atoms with Crippen molar-refractivity contribution in [3.8, 4) is 11.5 Å². The third kappa shape index (κ3) is 5.89. The Bertz CT molecular complexity index is 772. The van der Waals surface area contributed by atoms with E-state index in [-0.39, 0.29) is 12.6 Å². The molecule has 0 bridgehead atoms. The molecule has 0 saturated carbocycles. The smallest absolute Gasteiger partial charge is 0.161 e. The zero-order chi connectivity index (χ0) is 20.7. The zero-order valence-corrected chi connectivity index (χ0v) is 16.6. The predicted molar refractivity (Wildman–Crippen MR) is 103 cm³/mol. The highest BCUT2D eigenvalue weighted by Gasteiger charge is 2.17. The minimum Gasteiger partial charge on any atom is -0.493 e. The van der Waals surface area contributed by atoms with Crippen LogP contribution in [0.1, 0.15) is 24.1 Å². The average Bonchev–Trinajstić information content (AvgIpc) is 2.69. The first kappa shape index (κ1) is 22.1. The molecule has 2 aromatic rings. The van der Waals surface area contributed by atoms with Gasteiger partial charge in [-0.15, -0.1) is 0 Å². The molecule has 0 saturated heterocycles. The van der Waals surface area contributed by atoms with Crippen molar-refractivity contribution in [1.82, 2.24) is 4.90 Å². The van der Waals surface area contributed by atoms with E-state index in [4.69, 9.17) is 14.2 Å². The van der Waals surface area contributed by atoms with Gasteiger partial charge in [-0.05, 0) is 49.4 Å². The molecule has 2 aromatic carbocycles. The molecule has 0 radical (unpaired) electrons. The van der Waals surface area contributed by atoms with E-state index in [1.807, 2.05) is 31.0 Å². The van der Waals surface area contributed by atoms with Gasteiger partial charge >= 0.3 is 0 Å². The fourth-order valence-electron chi connectivity index (χ4n) is 2.85. The monoisotopic (exact) mass is 395 g/mol. The number of nitrogens with zero attached hydrogens (tertiary/aromatic N) is 1. The zero-order valence-electron chi connectivity index (χ0n) is 16.6. The van der Waals surface area contributed by atoms with E-state index >= 15 is 0 Å². The summed E-state index contributed by atoms with van der Waals surface area (Å²) in [6.45, 7) is 2.65. The van der Waals surface area contributed by atoms with E-state index < -0.39 is 17.7 Å². The summed E-state index contributed by atoms with van der Waals surface area (Å²) in [6.07, 6.45) is -0.724. The predicted octanol–water partition coefficient (Wildman–Crippen LogP) is 3.55. The second kappa shape index (κ2) is 10.4. The first-order valence-corrected chi connectivity index (χ1v) is 8.97. The Labute approximate surface area is 164 Å². The van der Waals surface area contributed by atoms with Gasteiger partial charge in [-0.1, -0.05) is 12.1 Å². The molecule has 2 rings (SSSR count). The van der Waals surface area contributed by atoms with E-state index in [0.717, 1.165) is 11.6 Å². The highest BCUT2D eigenvalue weighted by molar-refractivity contribution is 5.42. The van der Waals surface area contributed by atoms with Crippen molar-refractivity contribution in [2.75, 3.05) is 34.4 Å². The van der Waals surface area contributed by atoms with Crippen LogP contribution >= 0.6 is 0 Å². The maximum absolute atomic E-state index is 13.4. The van der Waals surface area contributed by atoms with Crippen molar-refractivity contribution in [3.05, 3.63) is 59.2 Å². The summed E-state index contributed by atoms with van der Waals surface area (Å²) in [4.78, 5) is 1.86. The minimum absolute atomic E-state index is 0.142. The van der Waals surface area contributed by atoms with Gasteiger partial charge in [0.25, 0.3) is 0 Å². The Hall–Kier alpha value is -2.22. The Morgan fingerprint density at radius 3 is 2.36 bits per heavy atom. The summed E-state index contributed by atoms with van der Waals surface area (Å²) < 4.78 is 42.5. The SMILES string of the molecule is COc1ccc(COCC(O)CN(C)C(C)c2ccc(F)c(F)c2)cc1OC. The highest BCUT2D eigenvalue weighted by atomic mass is 19.2. The number of hydrogen-bond donors (Lipinski definition) is 1. The molecule has 0 aliphatic heterocycles. The Morgan fingerprint density at radius 1 is 1.00 bits per heavy atom. The third-order valence-electron chi connectivity index (χ3n) is 4.61. The average molecular weight is 395 g/mol. The fourth-order valence-corrected chi connectivity index (χ4v) is 2.85. The number of rotatable bonds is 10. The molecule has 0 heterocycles. The van der Waals surface area contributed by atoms with Crippen LogP contribution in [0.25, 0.3) is 0 Å². The van der Waals surface area contributed by atoms with Gasteiger partial charge in [-0.2, -0.15) is 0 Å². The molecule has 154 valence electrons. The van der Waals surface area contributed by atoms with Crippen LogP contribution in [0.2, 0.25) is 0 Å². The number of likely N-dealkylation sites (N-methyl/N-ethyl adjacent to an activating group) is 1.